The number of hydrogen-bond donors (Lipinski definition) is 1. The zero-order valence-corrected chi connectivity index (χ0v) is 24.4. The summed E-state index contributed by atoms with van der Waals surface area (Å²) in [5.41, 5.74) is 3.75. The summed E-state index contributed by atoms with van der Waals surface area (Å²) in [6.07, 6.45) is 3.23. The van der Waals surface area contributed by atoms with E-state index in [2.05, 4.69) is 0 Å². The molecule has 0 aromatic heterocycles. The average molecular weight is 580 g/mol. The number of benzene rings is 3. The van der Waals surface area contributed by atoms with E-state index in [1.54, 1.807) is 36.2 Å². The van der Waals surface area contributed by atoms with E-state index < -0.39 is 15.8 Å². The van der Waals surface area contributed by atoms with Crippen LogP contribution in [0.1, 0.15) is 56.1 Å². The molecule has 3 aromatic rings. The topological polar surface area (TPSA) is 91.8 Å². The number of likely N-dealkylation sites (N-methyl/N-ethyl adjacent to an activating group) is 1. The highest BCUT2D eigenvalue weighted by atomic mass is 32.2. The molecule has 0 bridgehead atoms. The predicted octanol–water partition coefficient (Wildman–Crippen LogP) is 6.35. The van der Waals surface area contributed by atoms with E-state index >= 15 is 0 Å². The normalized spacial score (nSPS) is 18.2. The fourth-order valence-electron chi connectivity index (χ4n) is 5.74. The van der Waals surface area contributed by atoms with Crippen molar-refractivity contribution in [1.82, 2.24) is 4.90 Å². The Bertz CT molecular complexity index is 1450. The molecule has 0 saturated heterocycles. The van der Waals surface area contributed by atoms with E-state index in [0.29, 0.717) is 43.5 Å². The molecular weight excluding hydrogens is 541 g/mol. The number of carboxylic acid groups (broad SMARTS) is 1. The van der Waals surface area contributed by atoms with Crippen molar-refractivity contribution in [2.45, 2.75) is 56.4 Å². The van der Waals surface area contributed by atoms with E-state index in [-0.39, 0.29) is 41.7 Å². The molecule has 0 aliphatic heterocycles. The zero-order chi connectivity index (χ0) is 29.6. The van der Waals surface area contributed by atoms with Gasteiger partial charge >= 0.3 is 5.97 Å². The molecule has 0 radical (unpaired) electrons. The fraction of sp³-hybridized carbons (Fsp3) is 0.394. The van der Waals surface area contributed by atoms with Crippen molar-refractivity contribution >= 4 is 21.6 Å². The van der Waals surface area contributed by atoms with Crippen LogP contribution in [-0.4, -0.2) is 49.5 Å². The maximum absolute atomic E-state index is 13.2. The number of Topliss-reactive ketones (excluding diaryl/α,β-unsaturated/α-hetero) is 1. The van der Waals surface area contributed by atoms with E-state index in [9.17, 15) is 22.4 Å². The highest BCUT2D eigenvalue weighted by Gasteiger charge is 2.30. The lowest BCUT2D eigenvalue weighted by Crippen LogP contribution is -2.26. The maximum Gasteiger partial charge on any atom is 0.317 e. The van der Waals surface area contributed by atoms with Gasteiger partial charge in [-0.2, -0.15) is 0 Å². The van der Waals surface area contributed by atoms with Gasteiger partial charge in [0.2, 0.25) is 0 Å². The third-order valence-corrected chi connectivity index (χ3v) is 9.94. The van der Waals surface area contributed by atoms with Crippen molar-refractivity contribution < 1.29 is 27.5 Å². The van der Waals surface area contributed by atoms with Crippen LogP contribution in [0, 0.1) is 17.7 Å². The smallest absolute Gasteiger partial charge is 0.317 e. The first-order valence-electron chi connectivity index (χ1n) is 14.1. The van der Waals surface area contributed by atoms with Gasteiger partial charge in [-0.1, -0.05) is 49.4 Å². The number of sulfone groups is 1. The zero-order valence-electron chi connectivity index (χ0n) is 23.6. The summed E-state index contributed by atoms with van der Waals surface area (Å²) in [5.74, 6) is -0.893. The van der Waals surface area contributed by atoms with Crippen LogP contribution in [0.15, 0.2) is 77.7 Å². The van der Waals surface area contributed by atoms with Gasteiger partial charge in [0.1, 0.15) is 11.6 Å². The van der Waals surface area contributed by atoms with Gasteiger partial charge in [0.25, 0.3) is 0 Å². The van der Waals surface area contributed by atoms with Crippen molar-refractivity contribution in [3.8, 4) is 11.1 Å². The van der Waals surface area contributed by atoms with Gasteiger partial charge < -0.3 is 5.11 Å². The Balaban J connectivity index is 1.30. The molecule has 0 unspecified atom stereocenters. The number of nitrogens with zero attached hydrogens (tertiary/aromatic N) is 1. The van der Waals surface area contributed by atoms with Crippen LogP contribution >= 0.6 is 0 Å². The Morgan fingerprint density at radius 3 is 2.24 bits per heavy atom. The lowest BCUT2D eigenvalue weighted by Gasteiger charge is -2.28. The molecule has 0 heterocycles. The summed E-state index contributed by atoms with van der Waals surface area (Å²) in [6, 6.07) is 21.0. The number of aliphatic carboxylic acids is 1. The molecule has 1 aliphatic carbocycles. The molecule has 1 N–H and O–H groups in total. The maximum atomic E-state index is 13.2. The third kappa shape index (κ3) is 8.57. The lowest BCUT2D eigenvalue weighted by atomic mass is 9.78. The number of carbonyl (C=O) groups excluding carboxylic acids is 1. The van der Waals surface area contributed by atoms with Crippen LogP contribution in [0.5, 0.6) is 0 Å². The summed E-state index contributed by atoms with van der Waals surface area (Å²) in [7, 11) is -1.72. The number of halogens is 1. The SMILES string of the molecule is C[C@@H](CC(=O)C1CCC(CS(=O)(=O)c2ccc(-c3cccc(CN(C)CC(=O)O)c3)cc2)CC1)c1ccc(F)cc1. The molecule has 1 aliphatic rings. The molecule has 1 saturated carbocycles. The monoisotopic (exact) mass is 579 g/mol. The summed E-state index contributed by atoms with van der Waals surface area (Å²) in [4.78, 5) is 25.9. The second kappa shape index (κ2) is 13.5. The van der Waals surface area contributed by atoms with Crippen molar-refractivity contribution in [3.63, 3.8) is 0 Å². The van der Waals surface area contributed by atoms with Crippen LogP contribution in [0.25, 0.3) is 11.1 Å². The molecule has 1 atom stereocenters. The molecular formula is C33H38FNO5S. The van der Waals surface area contributed by atoms with Crippen LogP contribution < -0.4 is 0 Å². The third-order valence-electron chi connectivity index (χ3n) is 8.04. The summed E-state index contributed by atoms with van der Waals surface area (Å²) < 4.78 is 39.6. The summed E-state index contributed by atoms with van der Waals surface area (Å²) >= 11 is 0. The van der Waals surface area contributed by atoms with E-state index in [0.717, 1.165) is 22.3 Å². The fourth-order valence-corrected chi connectivity index (χ4v) is 7.43. The van der Waals surface area contributed by atoms with Gasteiger partial charge in [-0.3, -0.25) is 14.5 Å². The van der Waals surface area contributed by atoms with Gasteiger partial charge in [0, 0.05) is 18.9 Å². The first-order valence-corrected chi connectivity index (χ1v) is 15.8. The van der Waals surface area contributed by atoms with Crippen LogP contribution in [-0.2, 0) is 26.0 Å². The van der Waals surface area contributed by atoms with Crippen molar-refractivity contribution in [2.75, 3.05) is 19.3 Å². The minimum Gasteiger partial charge on any atom is -0.480 e. The van der Waals surface area contributed by atoms with Crippen molar-refractivity contribution in [1.29, 1.82) is 0 Å². The molecule has 6 nitrogen and oxygen atoms in total. The largest absolute Gasteiger partial charge is 0.480 e. The van der Waals surface area contributed by atoms with E-state index in [4.69, 9.17) is 5.11 Å². The van der Waals surface area contributed by atoms with Gasteiger partial charge in [0.15, 0.2) is 9.84 Å². The van der Waals surface area contributed by atoms with E-state index in [1.807, 2.05) is 43.3 Å². The number of carboxylic acids is 1. The lowest BCUT2D eigenvalue weighted by molar-refractivity contribution is -0.138. The highest BCUT2D eigenvalue weighted by molar-refractivity contribution is 7.91. The molecule has 41 heavy (non-hydrogen) atoms. The first-order chi connectivity index (χ1) is 19.5. The van der Waals surface area contributed by atoms with Gasteiger partial charge in [-0.25, -0.2) is 12.8 Å². The minimum atomic E-state index is -3.47. The summed E-state index contributed by atoms with van der Waals surface area (Å²) in [5, 5.41) is 8.98. The molecule has 4 rings (SSSR count). The Hall–Kier alpha value is -3.36. The van der Waals surface area contributed by atoms with E-state index in [1.165, 1.54) is 12.1 Å². The Labute approximate surface area is 242 Å². The predicted molar refractivity (Wildman–Crippen MR) is 158 cm³/mol. The second-order valence-corrected chi connectivity index (χ2v) is 13.4. The number of rotatable bonds is 12. The molecule has 0 amide bonds. The standard InChI is InChI=1S/C33H38FNO5S/c1-23(26-10-14-30(34)15-11-26)18-32(36)28-8-6-24(7-9-28)22-41(39,40)31-16-12-27(13-17-31)29-5-3-4-25(19-29)20-35(2)21-33(37)38/h3-5,10-17,19,23-24,28H,6-9,18,20-22H2,1-2H3,(H,37,38)/t23-,24?,28?/m0/s1. The average Bonchev–Trinajstić information content (AvgIpc) is 2.93. The Morgan fingerprint density at radius 2 is 1.61 bits per heavy atom. The van der Waals surface area contributed by atoms with Gasteiger partial charge in [-0.15, -0.1) is 0 Å². The summed E-state index contributed by atoms with van der Waals surface area (Å²) in [6.45, 7) is 2.42. The number of hydrogen-bond acceptors (Lipinski definition) is 5. The first kappa shape index (κ1) is 30.6. The Morgan fingerprint density at radius 1 is 0.951 bits per heavy atom. The minimum absolute atomic E-state index is 0.0184. The van der Waals surface area contributed by atoms with Gasteiger partial charge in [0.05, 0.1) is 17.2 Å². The van der Waals surface area contributed by atoms with Crippen molar-refractivity contribution in [2.24, 2.45) is 11.8 Å². The highest BCUT2D eigenvalue weighted by Crippen LogP contribution is 2.34. The molecule has 0 spiro atoms. The van der Waals surface area contributed by atoms with Crippen LogP contribution in [0.3, 0.4) is 0 Å². The van der Waals surface area contributed by atoms with Crippen LogP contribution in [0.2, 0.25) is 0 Å². The molecule has 3 aromatic carbocycles. The molecule has 8 heteroatoms. The van der Waals surface area contributed by atoms with Crippen molar-refractivity contribution in [3.05, 3.63) is 89.7 Å². The van der Waals surface area contributed by atoms with Gasteiger partial charge in [-0.05, 0) is 97.2 Å². The number of carbonyl (C=O) groups is 2. The molecule has 1 fully saturated rings. The second-order valence-electron chi connectivity index (χ2n) is 11.4. The Kier molecular flexibility index (Phi) is 10.1. The quantitative estimate of drug-likeness (QED) is 0.269. The number of ketones is 1. The molecule has 218 valence electrons. The van der Waals surface area contributed by atoms with Crippen LogP contribution in [0.4, 0.5) is 4.39 Å².